The molecule has 0 aromatic rings. The van der Waals surface area contributed by atoms with Crippen molar-refractivity contribution in [2.75, 3.05) is 60.0 Å². The minimum absolute atomic E-state index is 0. The first-order valence-corrected chi connectivity index (χ1v) is 15.5. The maximum Gasteiger partial charge on any atom is 1.00 e. The van der Waals surface area contributed by atoms with Crippen molar-refractivity contribution < 1.29 is 99.0 Å². The van der Waals surface area contributed by atoms with E-state index in [9.17, 15) is 24.6 Å². The third-order valence-electron chi connectivity index (χ3n) is 8.39. The molecule has 6 unspecified atom stereocenters. The Balaban J connectivity index is -0.000000615. The molecule has 274 valence electrons. The number of rotatable bonds is 12. The maximum absolute atomic E-state index is 10.7. The second kappa shape index (κ2) is 25.1. The van der Waals surface area contributed by atoms with Gasteiger partial charge < -0.3 is 55.0 Å². The molecule has 3 heterocycles. The molecule has 0 bridgehead atoms. The van der Waals surface area contributed by atoms with Crippen LogP contribution in [-0.2, 0) is 47.5 Å². The third-order valence-corrected chi connectivity index (χ3v) is 8.39. The largest absolute Gasteiger partial charge is 1.00 e. The molecule has 0 spiro atoms. The number of esters is 3. The summed E-state index contributed by atoms with van der Waals surface area (Å²) in [7, 11) is 1.71. The van der Waals surface area contributed by atoms with Crippen LogP contribution in [0.5, 0.6) is 0 Å². The zero-order valence-electron chi connectivity index (χ0n) is 30.0. The standard InChI is InChI=1S/C12H22O4.C11H20O4.C8H14O6.CH4.Na.H/c1-8(5-15-10(3)13)12-9(2)11(6-14-4)7-16-12;1-7(5-14-9(3)13)11-8(2)10(4-12)6-15-11;1-4(9)13-3-6(11)8-7(12)5(10)2-14-8;;;/h8-9,11-12H,5-7H2,1-4H3;7-8,10-12H,4-6H2,1-3H3;5-8,10-12H,2-3H2,1H3;1H4;;/q;;;;+1;-1/t8?,9-,11+,12?;7?,8-,10+,11?;5-,6?,7+,8?;;;/m001.../s1. The monoisotopic (exact) mass is 692 g/mol. The van der Waals surface area contributed by atoms with E-state index in [0.29, 0.717) is 37.6 Å². The van der Waals surface area contributed by atoms with Gasteiger partial charge in [0.2, 0.25) is 0 Å². The minimum atomic E-state index is -1.14. The SMILES string of the molecule is C.CC(=O)OCC(C)C1OC[C@@H](CO)[C@@H]1C.CC(=O)OCC(O)C1OC[C@@H](O)[C@@H]1O.COC[C@@H]1COC(C(C)COC(C)=O)[C@H]1C.[H-].[Na+]. The summed E-state index contributed by atoms with van der Waals surface area (Å²) in [5, 5.41) is 36.9. The summed E-state index contributed by atoms with van der Waals surface area (Å²) < 4.78 is 36.0. The van der Waals surface area contributed by atoms with E-state index in [-0.39, 0.29) is 100 Å². The average molecular weight is 693 g/mol. The van der Waals surface area contributed by atoms with Crippen molar-refractivity contribution in [2.24, 2.45) is 35.5 Å². The Labute approximate surface area is 303 Å². The minimum Gasteiger partial charge on any atom is -1.00 e. The molecule has 0 aliphatic carbocycles. The van der Waals surface area contributed by atoms with Gasteiger partial charge >= 0.3 is 47.5 Å². The van der Waals surface area contributed by atoms with Gasteiger partial charge in [0.1, 0.15) is 31.0 Å². The molecule has 3 aliphatic heterocycles. The zero-order valence-corrected chi connectivity index (χ0v) is 31.0. The quantitative estimate of drug-likeness (QED) is 0.101. The van der Waals surface area contributed by atoms with Crippen LogP contribution in [0.15, 0.2) is 0 Å². The number of methoxy groups -OCH3 is 1. The Bertz CT molecular complexity index is 886. The molecule has 3 aliphatic rings. The predicted molar refractivity (Wildman–Crippen MR) is 168 cm³/mol. The van der Waals surface area contributed by atoms with Crippen molar-refractivity contribution in [2.45, 2.75) is 92.5 Å². The van der Waals surface area contributed by atoms with Gasteiger partial charge in [0.15, 0.2) is 0 Å². The van der Waals surface area contributed by atoms with Crippen molar-refractivity contribution in [1.29, 1.82) is 0 Å². The summed E-state index contributed by atoms with van der Waals surface area (Å²) in [5.74, 6) is 0.853. The van der Waals surface area contributed by atoms with E-state index in [0.717, 1.165) is 13.2 Å². The number of ether oxygens (including phenoxy) is 7. The first kappa shape index (κ1) is 48.2. The number of hydrogen-bond donors (Lipinski definition) is 4. The number of aliphatic hydroxyl groups is 4. The van der Waals surface area contributed by atoms with Crippen LogP contribution in [0, 0.1) is 35.5 Å². The molecule has 0 radical (unpaired) electrons. The molecule has 0 amide bonds. The Morgan fingerprint density at radius 3 is 1.53 bits per heavy atom. The molecule has 3 saturated heterocycles. The Hall–Kier alpha value is -0.910. The third kappa shape index (κ3) is 17.0. The molecule has 3 fully saturated rings. The van der Waals surface area contributed by atoms with Gasteiger partial charge in [-0.3, -0.25) is 14.4 Å². The summed E-state index contributed by atoms with van der Waals surface area (Å²) in [5.41, 5.74) is 0. The average Bonchev–Trinajstić information content (AvgIpc) is 3.66. The summed E-state index contributed by atoms with van der Waals surface area (Å²) in [6.45, 7) is 15.2. The predicted octanol–water partition coefficient (Wildman–Crippen LogP) is -1.90. The van der Waals surface area contributed by atoms with Crippen LogP contribution in [0.1, 0.15) is 57.3 Å². The smallest absolute Gasteiger partial charge is 1.00 e. The van der Waals surface area contributed by atoms with Gasteiger partial charge in [-0.05, 0) is 11.8 Å². The second-order valence-corrected chi connectivity index (χ2v) is 12.3. The van der Waals surface area contributed by atoms with Gasteiger partial charge in [0.25, 0.3) is 0 Å². The van der Waals surface area contributed by atoms with Crippen LogP contribution in [0.2, 0.25) is 0 Å². The van der Waals surface area contributed by atoms with E-state index in [1.807, 2.05) is 6.92 Å². The number of aliphatic hydroxyl groups excluding tert-OH is 4. The fourth-order valence-electron chi connectivity index (χ4n) is 5.56. The van der Waals surface area contributed by atoms with E-state index in [4.69, 9.17) is 38.6 Å². The van der Waals surface area contributed by atoms with Crippen LogP contribution >= 0.6 is 0 Å². The van der Waals surface area contributed by atoms with E-state index < -0.39 is 30.4 Å². The molecule has 3 rings (SSSR count). The molecular formula is C32H61NaO14. The number of carbonyl (C=O) groups excluding carboxylic acids is 3. The van der Waals surface area contributed by atoms with Crippen LogP contribution in [0.4, 0.5) is 0 Å². The van der Waals surface area contributed by atoms with Crippen LogP contribution in [-0.4, -0.2) is 135 Å². The molecule has 0 saturated carbocycles. The fraction of sp³-hybridized carbons (Fsp3) is 0.906. The van der Waals surface area contributed by atoms with E-state index in [1.165, 1.54) is 20.8 Å². The van der Waals surface area contributed by atoms with Gasteiger partial charge in [0, 0.05) is 58.2 Å². The van der Waals surface area contributed by atoms with Crippen LogP contribution in [0.3, 0.4) is 0 Å². The van der Waals surface area contributed by atoms with Crippen molar-refractivity contribution in [3.05, 3.63) is 0 Å². The summed E-state index contributed by atoms with van der Waals surface area (Å²) >= 11 is 0. The first-order chi connectivity index (χ1) is 21.1. The fourth-order valence-corrected chi connectivity index (χ4v) is 5.56. The molecule has 0 aromatic heterocycles. The Morgan fingerprint density at radius 2 is 1.17 bits per heavy atom. The van der Waals surface area contributed by atoms with Crippen molar-refractivity contribution in [3.63, 3.8) is 0 Å². The zero-order chi connectivity index (χ0) is 34.3. The first-order valence-electron chi connectivity index (χ1n) is 15.5. The number of hydrogen-bond acceptors (Lipinski definition) is 14. The molecule has 15 heteroatoms. The van der Waals surface area contributed by atoms with Gasteiger partial charge in [-0.2, -0.15) is 0 Å². The second-order valence-electron chi connectivity index (χ2n) is 12.3. The van der Waals surface area contributed by atoms with Crippen LogP contribution in [0.25, 0.3) is 0 Å². The van der Waals surface area contributed by atoms with E-state index in [2.05, 4.69) is 25.5 Å². The normalized spacial score (nSPS) is 31.3. The van der Waals surface area contributed by atoms with E-state index >= 15 is 0 Å². The van der Waals surface area contributed by atoms with E-state index in [1.54, 1.807) is 7.11 Å². The molecular weight excluding hydrogens is 631 g/mol. The topological polar surface area (TPSA) is 197 Å². The summed E-state index contributed by atoms with van der Waals surface area (Å²) in [4.78, 5) is 31.8. The van der Waals surface area contributed by atoms with Gasteiger partial charge in [-0.1, -0.05) is 35.1 Å². The summed E-state index contributed by atoms with van der Waals surface area (Å²) in [6, 6.07) is 0. The van der Waals surface area contributed by atoms with Crippen LogP contribution < -0.4 is 29.6 Å². The molecule has 14 nitrogen and oxygen atoms in total. The van der Waals surface area contributed by atoms with Crippen molar-refractivity contribution in [1.82, 2.24) is 0 Å². The molecule has 12 atom stereocenters. The summed E-state index contributed by atoms with van der Waals surface area (Å²) in [6.07, 6.45) is -3.90. The van der Waals surface area contributed by atoms with Gasteiger partial charge in [-0.15, -0.1) is 0 Å². The Kier molecular flexibility index (Phi) is 25.7. The molecule has 47 heavy (non-hydrogen) atoms. The number of carbonyl (C=O) groups is 3. The Morgan fingerprint density at radius 1 is 0.766 bits per heavy atom. The van der Waals surface area contributed by atoms with Gasteiger partial charge in [0.05, 0.1) is 51.8 Å². The van der Waals surface area contributed by atoms with Crippen molar-refractivity contribution >= 4 is 17.9 Å². The van der Waals surface area contributed by atoms with Gasteiger partial charge in [-0.25, -0.2) is 0 Å². The van der Waals surface area contributed by atoms with Crippen molar-refractivity contribution in [3.8, 4) is 0 Å². The molecule has 4 N–H and O–H groups in total. The maximum atomic E-state index is 10.7. The molecule has 0 aromatic carbocycles.